The standard InChI is InChI=1S/C14H20O2/c1-10(2)12-5-4-6-13(11-7-8-11)14(12)16-9-15-3/h4-6,10-11H,7-9H2,1-3H3. The van der Waals surface area contributed by atoms with Crippen LogP contribution in [-0.4, -0.2) is 13.9 Å². The first-order chi connectivity index (χ1) is 7.74. The molecule has 1 aromatic rings. The van der Waals surface area contributed by atoms with Gasteiger partial charge in [0.05, 0.1) is 0 Å². The SMILES string of the molecule is COCOc1c(C(C)C)cccc1C1CC1. The molecule has 0 saturated heterocycles. The number of para-hydroxylation sites is 1. The average molecular weight is 220 g/mol. The van der Waals surface area contributed by atoms with Crippen molar-refractivity contribution in [1.29, 1.82) is 0 Å². The zero-order valence-corrected chi connectivity index (χ0v) is 10.3. The van der Waals surface area contributed by atoms with Crippen molar-refractivity contribution >= 4 is 0 Å². The molecule has 0 unspecified atom stereocenters. The Balaban J connectivity index is 2.32. The van der Waals surface area contributed by atoms with Gasteiger partial charge in [-0.3, -0.25) is 0 Å². The van der Waals surface area contributed by atoms with Crippen LogP contribution in [0.25, 0.3) is 0 Å². The number of methoxy groups -OCH3 is 1. The fraction of sp³-hybridized carbons (Fsp3) is 0.571. The van der Waals surface area contributed by atoms with Crippen molar-refractivity contribution in [2.45, 2.75) is 38.5 Å². The van der Waals surface area contributed by atoms with E-state index in [2.05, 4.69) is 32.0 Å². The van der Waals surface area contributed by atoms with Gasteiger partial charge in [-0.2, -0.15) is 0 Å². The van der Waals surface area contributed by atoms with E-state index in [1.165, 1.54) is 24.0 Å². The molecule has 1 aliphatic rings. The van der Waals surface area contributed by atoms with Crippen LogP contribution in [-0.2, 0) is 4.74 Å². The molecule has 0 heterocycles. The van der Waals surface area contributed by atoms with Gasteiger partial charge in [-0.1, -0.05) is 32.0 Å². The lowest BCUT2D eigenvalue weighted by Crippen LogP contribution is -2.05. The van der Waals surface area contributed by atoms with E-state index in [0.717, 1.165) is 5.75 Å². The molecule has 1 fully saturated rings. The number of ether oxygens (including phenoxy) is 2. The molecular formula is C14H20O2. The van der Waals surface area contributed by atoms with E-state index >= 15 is 0 Å². The molecule has 1 aromatic carbocycles. The van der Waals surface area contributed by atoms with E-state index in [9.17, 15) is 0 Å². The van der Waals surface area contributed by atoms with Crippen LogP contribution in [0.4, 0.5) is 0 Å². The van der Waals surface area contributed by atoms with Gasteiger partial charge in [-0.25, -0.2) is 0 Å². The van der Waals surface area contributed by atoms with Crippen LogP contribution in [0.3, 0.4) is 0 Å². The molecule has 0 atom stereocenters. The topological polar surface area (TPSA) is 18.5 Å². The second-order valence-corrected chi connectivity index (χ2v) is 4.75. The highest BCUT2D eigenvalue weighted by atomic mass is 16.7. The molecule has 0 N–H and O–H groups in total. The number of benzene rings is 1. The smallest absolute Gasteiger partial charge is 0.188 e. The first kappa shape index (κ1) is 11.5. The van der Waals surface area contributed by atoms with Crippen molar-refractivity contribution in [2.24, 2.45) is 0 Å². The largest absolute Gasteiger partial charge is 0.467 e. The molecule has 0 aliphatic heterocycles. The van der Waals surface area contributed by atoms with Gasteiger partial charge in [0, 0.05) is 7.11 Å². The molecule has 1 aliphatic carbocycles. The van der Waals surface area contributed by atoms with E-state index < -0.39 is 0 Å². The Morgan fingerprint density at radius 1 is 1.31 bits per heavy atom. The molecule has 88 valence electrons. The van der Waals surface area contributed by atoms with E-state index in [-0.39, 0.29) is 0 Å². The summed E-state index contributed by atoms with van der Waals surface area (Å²) in [6.45, 7) is 4.74. The summed E-state index contributed by atoms with van der Waals surface area (Å²) in [5, 5.41) is 0. The maximum atomic E-state index is 5.76. The first-order valence-corrected chi connectivity index (χ1v) is 5.98. The molecule has 0 spiro atoms. The Hall–Kier alpha value is -1.02. The zero-order chi connectivity index (χ0) is 11.5. The molecule has 1 saturated carbocycles. The zero-order valence-electron chi connectivity index (χ0n) is 10.3. The molecule has 2 nitrogen and oxygen atoms in total. The van der Waals surface area contributed by atoms with Gasteiger partial charge in [0.15, 0.2) is 6.79 Å². The van der Waals surface area contributed by atoms with E-state index in [4.69, 9.17) is 9.47 Å². The molecule has 0 bridgehead atoms. The van der Waals surface area contributed by atoms with Gasteiger partial charge >= 0.3 is 0 Å². The van der Waals surface area contributed by atoms with Crippen LogP contribution in [0, 0.1) is 0 Å². The highest BCUT2D eigenvalue weighted by Crippen LogP contribution is 2.46. The summed E-state index contributed by atoms with van der Waals surface area (Å²) in [6, 6.07) is 6.48. The minimum Gasteiger partial charge on any atom is -0.467 e. The number of rotatable bonds is 5. The van der Waals surface area contributed by atoms with E-state index in [0.29, 0.717) is 18.6 Å². The lowest BCUT2D eigenvalue weighted by Gasteiger charge is -2.17. The third kappa shape index (κ3) is 2.38. The van der Waals surface area contributed by atoms with Gasteiger partial charge in [-0.05, 0) is 35.8 Å². The molecule has 0 amide bonds. The van der Waals surface area contributed by atoms with Crippen molar-refractivity contribution in [2.75, 3.05) is 13.9 Å². The van der Waals surface area contributed by atoms with E-state index in [1.807, 2.05) is 0 Å². The Labute approximate surface area is 97.6 Å². The molecule has 2 rings (SSSR count). The summed E-state index contributed by atoms with van der Waals surface area (Å²) in [5.41, 5.74) is 2.66. The van der Waals surface area contributed by atoms with Gasteiger partial charge in [0.25, 0.3) is 0 Å². The number of hydrogen-bond donors (Lipinski definition) is 0. The second-order valence-electron chi connectivity index (χ2n) is 4.75. The Bertz CT molecular complexity index is 334. The Morgan fingerprint density at radius 3 is 2.62 bits per heavy atom. The van der Waals surface area contributed by atoms with Gasteiger partial charge in [0.2, 0.25) is 0 Å². The van der Waals surface area contributed by atoms with Gasteiger partial charge in [-0.15, -0.1) is 0 Å². The lowest BCUT2D eigenvalue weighted by molar-refractivity contribution is 0.0495. The van der Waals surface area contributed by atoms with E-state index in [1.54, 1.807) is 7.11 Å². The van der Waals surface area contributed by atoms with Crippen molar-refractivity contribution in [3.63, 3.8) is 0 Å². The minimum absolute atomic E-state index is 0.337. The van der Waals surface area contributed by atoms with Crippen LogP contribution >= 0.6 is 0 Å². The third-order valence-corrected chi connectivity index (χ3v) is 3.04. The minimum atomic E-state index is 0.337. The molecule has 0 aromatic heterocycles. The highest BCUT2D eigenvalue weighted by molar-refractivity contribution is 5.46. The summed E-state index contributed by atoms with van der Waals surface area (Å²) >= 11 is 0. The molecule has 16 heavy (non-hydrogen) atoms. The van der Waals surface area contributed by atoms with Crippen molar-refractivity contribution in [3.8, 4) is 5.75 Å². The first-order valence-electron chi connectivity index (χ1n) is 5.98. The average Bonchev–Trinajstić information content (AvgIpc) is 3.09. The second kappa shape index (κ2) is 4.88. The maximum absolute atomic E-state index is 5.76. The summed E-state index contributed by atoms with van der Waals surface area (Å²) in [4.78, 5) is 0. The fourth-order valence-electron chi connectivity index (χ4n) is 2.03. The Morgan fingerprint density at radius 2 is 2.06 bits per heavy atom. The van der Waals surface area contributed by atoms with Crippen LogP contribution in [0.2, 0.25) is 0 Å². The highest BCUT2D eigenvalue weighted by Gasteiger charge is 2.28. The third-order valence-electron chi connectivity index (χ3n) is 3.04. The van der Waals surface area contributed by atoms with Crippen LogP contribution < -0.4 is 4.74 Å². The van der Waals surface area contributed by atoms with Crippen LogP contribution in [0.1, 0.15) is 49.7 Å². The van der Waals surface area contributed by atoms with Crippen molar-refractivity contribution in [3.05, 3.63) is 29.3 Å². The predicted molar refractivity (Wildman–Crippen MR) is 65.0 cm³/mol. The normalized spacial score (nSPS) is 15.5. The number of hydrogen-bond acceptors (Lipinski definition) is 2. The Kier molecular flexibility index (Phi) is 3.49. The molecule has 2 heteroatoms. The van der Waals surface area contributed by atoms with Crippen molar-refractivity contribution < 1.29 is 9.47 Å². The molecule has 0 radical (unpaired) electrons. The van der Waals surface area contributed by atoms with Crippen LogP contribution in [0.15, 0.2) is 18.2 Å². The molecular weight excluding hydrogens is 200 g/mol. The maximum Gasteiger partial charge on any atom is 0.188 e. The summed E-state index contributed by atoms with van der Waals surface area (Å²) in [6.07, 6.45) is 2.59. The summed E-state index contributed by atoms with van der Waals surface area (Å²) in [5.74, 6) is 2.26. The fourth-order valence-corrected chi connectivity index (χ4v) is 2.03. The monoisotopic (exact) mass is 220 g/mol. The summed E-state index contributed by atoms with van der Waals surface area (Å²) in [7, 11) is 1.66. The van der Waals surface area contributed by atoms with Gasteiger partial charge < -0.3 is 9.47 Å². The quantitative estimate of drug-likeness (QED) is 0.705. The summed E-state index contributed by atoms with van der Waals surface area (Å²) < 4.78 is 10.8. The van der Waals surface area contributed by atoms with Gasteiger partial charge in [0.1, 0.15) is 5.75 Å². The lowest BCUT2D eigenvalue weighted by atomic mass is 9.97. The van der Waals surface area contributed by atoms with Crippen molar-refractivity contribution in [1.82, 2.24) is 0 Å². The predicted octanol–water partition coefficient (Wildman–Crippen LogP) is 3.67. The van der Waals surface area contributed by atoms with Crippen LogP contribution in [0.5, 0.6) is 5.75 Å².